The van der Waals surface area contributed by atoms with Crippen LogP contribution in [0.25, 0.3) is 106 Å². The second-order valence-corrected chi connectivity index (χ2v) is 14.5. The summed E-state index contributed by atoms with van der Waals surface area (Å²) in [6.07, 6.45) is 0. The number of benzene rings is 8. The van der Waals surface area contributed by atoms with Gasteiger partial charge in [0.05, 0.1) is 33.1 Å². The first-order chi connectivity index (χ1) is 28.3. The maximum absolute atomic E-state index is 5.44. The van der Waals surface area contributed by atoms with Gasteiger partial charge in [-0.2, -0.15) is 9.97 Å². The molecule has 6 heteroatoms. The first kappa shape index (κ1) is 31.5. The van der Waals surface area contributed by atoms with E-state index in [4.69, 9.17) is 15.0 Å². The molecule has 4 heterocycles. The monoisotopic (exact) mass is 728 g/mol. The summed E-state index contributed by atoms with van der Waals surface area (Å²) in [5, 5.41) is 6.94. The van der Waals surface area contributed by atoms with Gasteiger partial charge in [0.2, 0.25) is 5.95 Å². The van der Waals surface area contributed by atoms with Crippen molar-refractivity contribution in [1.82, 2.24) is 28.7 Å². The van der Waals surface area contributed by atoms with Gasteiger partial charge in [0.25, 0.3) is 0 Å². The lowest BCUT2D eigenvalue weighted by Crippen LogP contribution is -2.07. The van der Waals surface area contributed by atoms with E-state index >= 15 is 0 Å². The summed E-state index contributed by atoms with van der Waals surface area (Å²) in [5.74, 6) is 1.79. The van der Waals surface area contributed by atoms with E-state index in [1.807, 2.05) is 18.2 Å². The number of hydrogen-bond acceptors (Lipinski definition) is 3. The highest BCUT2D eigenvalue weighted by molar-refractivity contribution is 6.19. The Balaban J connectivity index is 1.19. The van der Waals surface area contributed by atoms with Crippen LogP contribution in [0, 0.1) is 0 Å². The van der Waals surface area contributed by atoms with Crippen LogP contribution in [0.4, 0.5) is 0 Å². The van der Waals surface area contributed by atoms with Crippen LogP contribution in [0.15, 0.2) is 194 Å². The fourth-order valence-electron chi connectivity index (χ4n) is 8.85. The van der Waals surface area contributed by atoms with E-state index in [9.17, 15) is 0 Å². The first-order valence-electron chi connectivity index (χ1n) is 19.2. The van der Waals surface area contributed by atoms with Gasteiger partial charge < -0.3 is 9.13 Å². The molecule has 12 aromatic rings. The second kappa shape index (κ2) is 12.3. The predicted molar refractivity (Wildman–Crippen MR) is 234 cm³/mol. The molecule has 0 radical (unpaired) electrons. The van der Waals surface area contributed by atoms with Crippen LogP contribution in [0.2, 0.25) is 0 Å². The highest BCUT2D eigenvalue weighted by atomic mass is 15.2. The normalized spacial score (nSPS) is 11.9. The van der Waals surface area contributed by atoms with Gasteiger partial charge >= 0.3 is 0 Å². The maximum atomic E-state index is 5.44. The van der Waals surface area contributed by atoms with Crippen molar-refractivity contribution in [3.05, 3.63) is 194 Å². The Morgan fingerprint density at radius 2 is 0.754 bits per heavy atom. The summed E-state index contributed by atoms with van der Waals surface area (Å²) in [6, 6.07) is 68.4. The van der Waals surface area contributed by atoms with Crippen molar-refractivity contribution in [2.45, 2.75) is 0 Å². The van der Waals surface area contributed by atoms with E-state index in [0.29, 0.717) is 17.6 Å². The average molecular weight is 729 g/mol. The second-order valence-electron chi connectivity index (χ2n) is 14.5. The fraction of sp³-hybridized carbons (Fsp3) is 0. The number of rotatable bonds is 5. The van der Waals surface area contributed by atoms with Gasteiger partial charge in [-0.05, 0) is 60.7 Å². The fourth-order valence-corrected chi connectivity index (χ4v) is 8.85. The minimum atomic E-state index is 0.565. The molecule has 0 N–H and O–H groups in total. The van der Waals surface area contributed by atoms with Crippen molar-refractivity contribution in [3.8, 4) is 40.1 Å². The quantitative estimate of drug-likeness (QED) is 0.177. The van der Waals surface area contributed by atoms with Crippen molar-refractivity contribution in [3.63, 3.8) is 0 Å². The molecule has 6 nitrogen and oxygen atoms in total. The van der Waals surface area contributed by atoms with Gasteiger partial charge in [0.15, 0.2) is 11.6 Å². The molecule has 0 aliphatic rings. The predicted octanol–water partition coefficient (Wildman–Crippen LogP) is 12.5. The van der Waals surface area contributed by atoms with Gasteiger partial charge in [-0.15, -0.1) is 0 Å². The van der Waals surface area contributed by atoms with Gasteiger partial charge in [0.1, 0.15) is 0 Å². The molecule has 266 valence electrons. The number of hydrogen-bond donors (Lipinski definition) is 0. The maximum Gasteiger partial charge on any atom is 0.238 e. The molecule has 12 rings (SSSR count). The van der Waals surface area contributed by atoms with Gasteiger partial charge in [0, 0.05) is 54.8 Å². The highest BCUT2D eigenvalue weighted by Gasteiger charge is 2.23. The molecule has 0 saturated carbocycles. The van der Waals surface area contributed by atoms with E-state index in [-0.39, 0.29) is 0 Å². The Morgan fingerprint density at radius 1 is 0.298 bits per heavy atom. The van der Waals surface area contributed by atoms with Gasteiger partial charge in [-0.3, -0.25) is 4.57 Å². The molecule has 0 atom stereocenters. The summed E-state index contributed by atoms with van der Waals surface area (Å²) in [5.41, 5.74) is 10.6. The molecule has 0 bridgehead atoms. The number of fused-ring (bicyclic) bond motifs is 9. The highest BCUT2D eigenvalue weighted by Crippen LogP contribution is 2.41. The van der Waals surface area contributed by atoms with Crippen molar-refractivity contribution < 1.29 is 0 Å². The Morgan fingerprint density at radius 3 is 1.39 bits per heavy atom. The number of aromatic nitrogens is 6. The lowest BCUT2D eigenvalue weighted by atomic mass is 10.1. The molecule has 0 amide bonds. The van der Waals surface area contributed by atoms with Crippen molar-refractivity contribution in [2.75, 3.05) is 0 Å². The minimum absolute atomic E-state index is 0.565. The molecule has 0 unspecified atom stereocenters. The molecule has 0 fully saturated rings. The lowest BCUT2D eigenvalue weighted by molar-refractivity contribution is 0.954. The van der Waals surface area contributed by atoms with Crippen LogP contribution >= 0.6 is 0 Å². The SMILES string of the molecule is c1ccc(-c2nc(-c3cccc4c5ccccc5n(-c5ccccc5)c34)nc(-n3c4ccccc4c4cc5c(cc43)c3ccccc3n5-c3ccccc3)n2)cc1. The Hall–Kier alpha value is -7.83. The van der Waals surface area contributed by atoms with Crippen LogP contribution in [0.5, 0.6) is 0 Å². The molecule has 0 spiro atoms. The third kappa shape index (κ3) is 4.74. The van der Waals surface area contributed by atoms with Gasteiger partial charge in [-0.1, -0.05) is 133 Å². The molecule has 0 aliphatic carbocycles. The summed E-state index contributed by atoms with van der Waals surface area (Å²) >= 11 is 0. The van der Waals surface area contributed by atoms with E-state index < -0.39 is 0 Å². The van der Waals surface area contributed by atoms with Gasteiger partial charge in [-0.25, -0.2) is 4.98 Å². The molecule has 8 aromatic carbocycles. The first-order valence-corrected chi connectivity index (χ1v) is 19.2. The zero-order valence-electron chi connectivity index (χ0n) is 30.7. The minimum Gasteiger partial charge on any atom is -0.309 e. The van der Waals surface area contributed by atoms with Crippen LogP contribution in [0.3, 0.4) is 0 Å². The Bertz CT molecular complexity index is 3510. The van der Waals surface area contributed by atoms with Crippen LogP contribution in [0.1, 0.15) is 0 Å². The van der Waals surface area contributed by atoms with Crippen molar-refractivity contribution >= 4 is 65.4 Å². The van der Waals surface area contributed by atoms with Crippen molar-refractivity contribution in [1.29, 1.82) is 0 Å². The number of nitrogens with zero attached hydrogens (tertiary/aromatic N) is 6. The Kier molecular flexibility index (Phi) is 6.83. The molecule has 0 saturated heterocycles. The Labute approximate surface area is 327 Å². The standard InChI is InChI=1S/C51H32N6/c1-4-17-33(18-5-1)49-52-50(40-27-16-26-39-36-23-10-14-29-44(36)56(48(39)40)35-21-8-3-9-22-35)54-51(53-49)57-45-30-15-12-25-38(45)42-31-46-41(32-47(42)57)37-24-11-13-28-43(37)55(46)34-19-6-2-7-20-34/h1-32H. The zero-order valence-corrected chi connectivity index (χ0v) is 30.7. The van der Waals surface area contributed by atoms with E-state index in [2.05, 4.69) is 190 Å². The summed E-state index contributed by atoms with van der Waals surface area (Å²) in [6.45, 7) is 0. The largest absolute Gasteiger partial charge is 0.309 e. The van der Waals surface area contributed by atoms with E-state index in [1.54, 1.807) is 0 Å². The average Bonchev–Trinajstić information content (AvgIpc) is 3.92. The topological polar surface area (TPSA) is 53.5 Å². The smallest absolute Gasteiger partial charge is 0.238 e. The summed E-state index contributed by atoms with van der Waals surface area (Å²) in [4.78, 5) is 16.0. The van der Waals surface area contributed by atoms with Crippen LogP contribution in [-0.2, 0) is 0 Å². The van der Waals surface area contributed by atoms with E-state index in [0.717, 1.165) is 71.8 Å². The van der Waals surface area contributed by atoms with Crippen LogP contribution in [-0.4, -0.2) is 28.7 Å². The lowest BCUT2D eigenvalue weighted by Gasteiger charge is -2.13. The van der Waals surface area contributed by atoms with Crippen LogP contribution < -0.4 is 0 Å². The molecule has 4 aromatic heterocycles. The molecular formula is C51H32N6. The van der Waals surface area contributed by atoms with E-state index in [1.165, 1.54) is 16.2 Å². The molecular weight excluding hydrogens is 697 g/mol. The molecule has 0 aliphatic heterocycles. The molecule has 57 heavy (non-hydrogen) atoms. The van der Waals surface area contributed by atoms with Crippen molar-refractivity contribution in [2.24, 2.45) is 0 Å². The zero-order chi connectivity index (χ0) is 37.5. The summed E-state index contributed by atoms with van der Waals surface area (Å²) in [7, 11) is 0. The summed E-state index contributed by atoms with van der Waals surface area (Å²) < 4.78 is 6.94. The third-order valence-electron chi connectivity index (χ3n) is 11.3. The third-order valence-corrected chi connectivity index (χ3v) is 11.3. The number of para-hydroxylation sites is 6.